The number of nitrogens with zero attached hydrogens (tertiary/aromatic N) is 1. The van der Waals surface area contributed by atoms with Gasteiger partial charge in [0.15, 0.2) is 5.01 Å². The van der Waals surface area contributed by atoms with Crippen LogP contribution in [0.25, 0.3) is 0 Å². The first-order valence-corrected chi connectivity index (χ1v) is 4.00. The van der Waals surface area contributed by atoms with Crippen molar-refractivity contribution in [2.24, 2.45) is 0 Å². The third kappa shape index (κ3) is 2.10. The molecule has 1 aromatic rings. The van der Waals surface area contributed by atoms with Crippen molar-refractivity contribution < 1.29 is 9.53 Å². The number of ether oxygens (including phenoxy) is 1. The zero-order valence-corrected chi connectivity index (χ0v) is 7.27. The first kappa shape index (κ1) is 8.36. The first-order valence-electron chi connectivity index (χ1n) is 3.18. The summed E-state index contributed by atoms with van der Waals surface area (Å²) in [6.07, 6.45) is 1.69. The van der Waals surface area contributed by atoms with Gasteiger partial charge in [-0.3, -0.25) is 4.79 Å². The molecule has 11 heavy (non-hydrogen) atoms. The maximum atomic E-state index is 11.1. The first-order chi connectivity index (χ1) is 5.24. The van der Waals surface area contributed by atoms with Crippen LogP contribution in [0.1, 0.15) is 14.7 Å². The maximum Gasteiger partial charge on any atom is 0.216 e. The summed E-state index contributed by atoms with van der Waals surface area (Å²) in [6, 6.07) is 0. The van der Waals surface area contributed by atoms with Gasteiger partial charge in [0.05, 0.1) is 0 Å². The number of rotatable bonds is 3. The van der Waals surface area contributed by atoms with E-state index in [4.69, 9.17) is 0 Å². The summed E-state index contributed by atoms with van der Waals surface area (Å²) < 4.78 is 4.68. The Hall–Kier alpha value is -0.740. The average Bonchev–Trinajstić information content (AvgIpc) is 2.36. The van der Waals surface area contributed by atoms with Crippen LogP contribution in [0.4, 0.5) is 0 Å². The highest BCUT2D eigenvalue weighted by Gasteiger charge is 2.08. The van der Waals surface area contributed by atoms with Crippen LogP contribution in [0, 0.1) is 6.92 Å². The van der Waals surface area contributed by atoms with Gasteiger partial charge >= 0.3 is 0 Å². The molecule has 0 spiro atoms. The van der Waals surface area contributed by atoms with E-state index in [2.05, 4.69) is 9.72 Å². The van der Waals surface area contributed by atoms with Crippen LogP contribution in [0.3, 0.4) is 0 Å². The second-order valence-electron chi connectivity index (χ2n) is 2.13. The summed E-state index contributed by atoms with van der Waals surface area (Å²) in [5.74, 6) is -0.0504. The normalized spacial score (nSPS) is 10.0. The fourth-order valence-corrected chi connectivity index (χ4v) is 1.37. The standard InChI is InChI=1S/C7H9NO2S/c1-5-3-8-7(11-5)6(9)4-10-2/h3H,4H2,1-2H3. The Morgan fingerprint density at radius 1 is 1.82 bits per heavy atom. The van der Waals surface area contributed by atoms with Crippen molar-refractivity contribution in [3.63, 3.8) is 0 Å². The number of hydrogen-bond donors (Lipinski definition) is 0. The van der Waals surface area contributed by atoms with Gasteiger partial charge in [-0.2, -0.15) is 0 Å². The number of thiazole rings is 1. The maximum absolute atomic E-state index is 11.1. The minimum absolute atomic E-state index is 0.0504. The number of carbonyl (C=O) groups is 1. The molecule has 1 heterocycles. The smallest absolute Gasteiger partial charge is 0.216 e. The van der Waals surface area contributed by atoms with Gasteiger partial charge in [-0.25, -0.2) is 4.98 Å². The van der Waals surface area contributed by atoms with E-state index in [1.54, 1.807) is 6.20 Å². The lowest BCUT2D eigenvalue weighted by molar-refractivity contribution is 0.0847. The summed E-state index contributed by atoms with van der Waals surface area (Å²) in [4.78, 5) is 16.1. The summed E-state index contributed by atoms with van der Waals surface area (Å²) in [7, 11) is 1.50. The van der Waals surface area contributed by atoms with E-state index < -0.39 is 0 Å². The SMILES string of the molecule is COCC(=O)c1ncc(C)s1. The Morgan fingerprint density at radius 3 is 3.00 bits per heavy atom. The van der Waals surface area contributed by atoms with Gasteiger partial charge in [-0.1, -0.05) is 0 Å². The molecule has 60 valence electrons. The number of aromatic nitrogens is 1. The Morgan fingerprint density at radius 2 is 2.55 bits per heavy atom. The molecule has 0 radical (unpaired) electrons. The molecule has 3 nitrogen and oxygen atoms in total. The van der Waals surface area contributed by atoms with Gasteiger partial charge < -0.3 is 4.74 Å². The van der Waals surface area contributed by atoms with Crippen molar-refractivity contribution in [1.82, 2.24) is 4.98 Å². The number of Topliss-reactive ketones (excluding diaryl/α,β-unsaturated/α-hetero) is 1. The van der Waals surface area contributed by atoms with Gasteiger partial charge in [0.1, 0.15) is 6.61 Å². The lowest BCUT2D eigenvalue weighted by atomic mass is 10.4. The van der Waals surface area contributed by atoms with Gasteiger partial charge in [-0.05, 0) is 6.92 Å². The van der Waals surface area contributed by atoms with Crippen molar-refractivity contribution in [3.8, 4) is 0 Å². The molecule has 0 saturated carbocycles. The molecule has 1 rings (SSSR count). The molecular weight excluding hydrogens is 162 g/mol. The zero-order chi connectivity index (χ0) is 8.27. The highest BCUT2D eigenvalue weighted by atomic mass is 32.1. The van der Waals surface area contributed by atoms with Gasteiger partial charge in [0.25, 0.3) is 0 Å². The van der Waals surface area contributed by atoms with Crippen LogP contribution >= 0.6 is 11.3 Å². The highest BCUT2D eigenvalue weighted by molar-refractivity contribution is 7.13. The number of carbonyl (C=O) groups excluding carboxylic acids is 1. The van der Waals surface area contributed by atoms with Crippen LogP contribution in [0.5, 0.6) is 0 Å². The predicted octanol–water partition coefficient (Wildman–Crippen LogP) is 1.28. The quantitative estimate of drug-likeness (QED) is 0.643. The van der Waals surface area contributed by atoms with E-state index in [1.165, 1.54) is 18.4 Å². The van der Waals surface area contributed by atoms with E-state index in [0.29, 0.717) is 5.01 Å². The molecule has 0 unspecified atom stereocenters. The monoisotopic (exact) mass is 171 g/mol. The van der Waals surface area contributed by atoms with Crippen molar-refractivity contribution >= 4 is 17.1 Å². The number of ketones is 1. The van der Waals surface area contributed by atoms with Crippen molar-refractivity contribution in [2.45, 2.75) is 6.92 Å². The van der Waals surface area contributed by atoms with Gasteiger partial charge in [0.2, 0.25) is 5.78 Å². The molecule has 1 aromatic heterocycles. The van der Waals surface area contributed by atoms with Gasteiger partial charge in [0, 0.05) is 18.2 Å². The molecule has 0 amide bonds. The Balaban J connectivity index is 2.69. The molecule has 0 aliphatic carbocycles. The summed E-state index contributed by atoms with van der Waals surface area (Å²) in [5, 5.41) is 0.532. The largest absolute Gasteiger partial charge is 0.376 e. The topological polar surface area (TPSA) is 39.2 Å². The predicted molar refractivity (Wildman–Crippen MR) is 43.1 cm³/mol. The van der Waals surface area contributed by atoms with Crippen LogP contribution in [0.15, 0.2) is 6.20 Å². The van der Waals surface area contributed by atoms with Gasteiger partial charge in [-0.15, -0.1) is 11.3 Å². The molecule has 0 fully saturated rings. The van der Waals surface area contributed by atoms with Crippen molar-refractivity contribution in [3.05, 3.63) is 16.1 Å². The van der Waals surface area contributed by atoms with Crippen LogP contribution in [-0.2, 0) is 4.74 Å². The summed E-state index contributed by atoms with van der Waals surface area (Å²) >= 11 is 1.40. The molecule has 0 aliphatic rings. The van der Waals surface area contributed by atoms with E-state index in [0.717, 1.165) is 4.88 Å². The lowest BCUT2D eigenvalue weighted by Crippen LogP contribution is -2.05. The molecule has 0 bridgehead atoms. The zero-order valence-electron chi connectivity index (χ0n) is 6.46. The number of hydrogen-bond acceptors (Lipinski definition) is 4. The fourth-order valence-electron chi connectivity index (χ4n) is 0.676. The number of methoxy groups -OCH3 is 1. The van der Waals surface area contributed by atoms with E-state index in [-0.39, 0.29) is 12.4 Å². The summed E-state index contributed by atoms with van der Waals surface area (Å²) in [6.45, 7) is 2.04. The van der Waals surface area contributed by atoms with Crippen molar-refractivity contribution in [2.75, 3.05) is 13.7 Å². The average molecular weight is 171 g/mol. The Kier molecular flexibility index (Phi) is 2.73. The third-order valence-electron chi connectivity index (χ3n) is 1.14. The summed E-state index contributed by atoms with van der Waals surface area (Å²) in [5.41, 5.74) is 0. The van der Waals surface area contributed by atoms with Crippen LogP contribution < -0.4 is 0 Å². The molecule has 0 aliphatic heterocycles. The Labute approximate surface area is 69.0 Å². The second kappa shape index (κ2) is 3.59. The molecule has 0 aromatic carbocycles. The molecular formula is C7H9NO2S. The fraction of sp³-hybridized carbons (Fsp3) is 0.429. The van der Waals surface area contributed by atoms with E-state index in [9.17, 15) is 4.79 Å². The highest BCUT2D eigenvalue weighted by Crippen LogP contribution is 2.11. The van der Waals surface area contributed by atoms with E-state index in [1.807, 2.05) is 6.92 Å². The minimum Gasteiger partial charge on any atom is -0.376 e. The second-order valence-corrected chi connectivity index (χ2v) is 3.37. The third-order valence-corrected chi connectivity index (χ3v) is 2.09. The number of aryl methyl sites for hydroxylation is 1. The van der Waals surface area contributed by atoms with Crippen LogP contribution in [0.2, 0.25) is 0 Å². The lowest BCUT2D eigenvalue weighted by Gasteiger charge is -1.91. The Bertz CT molecular complexity index is 257. The molecule has 4 heteroatoms. The minimum atomic E-state index is -0.0504. The van der Waals surface area contributed by atoms with Crippen LogP contribution in [-0.4, -0.2) is 24.5 Å². The van der Waals surface area contributed by atoms with E-state index >= 15 is 0 Å². The molecule has 0 N–H and O–H groups in total. The molecule has 0 saturated heterocycles. The molecule has 0 atom stereocenters. The van der Waals surface area contributed by atoms with Crippen molar-refractivity contribution in [1.29, 1.82) is 0 Å².